The number of rotatable bonds is 4. The highest BCUT2D eigenvalue weighted by Gasteiger charge is 2.28. The van der Waals surface area contributed by atoms with Crippen LogP contribution in [0, 0.1) is 0 Å². The van der Waals surface area contributed by atoms with Gasteiger partial charge in [0.1, 0.15) is 12.1 Å². The van der Waals surface area contributed by atoms with Gasteiger partial charge in [-0.2, -0.15) is 0 Å². The molecule has 22 heavy (non-hydrogen) atoms. The van der Waals surface area contributed by atoms with Gasteiger partial charge in [-0.3, -0.25) is 0 Å². The highest BCUT2D eigenvalue weighted by atomic mass is 32.2. The molecule has 1 saturated carbocycles. The van der Waals surface area contributed by atoms with Gasteiger partial charge in [0.15, 0.2) is 0 Å². The van der Waals surface area contributed by atoms with Crippen molar-refractivity contribution in [2.75, 3.05) is 31.3 Å². The van der Waals surface area contributed by atoms with Crippen molar-refractivity contribution in [1.29, 1.82) is 0 Å². The van der Waals surface area contributed by atoms with Gasteiger partial charge in [0, 0.05) is 43.9 Å². The number of aromatic nitrogens is 2. The molecule has 0 unspecified atom stereocenters. The molecular formula is C15H24N4O2S. The summed E-state index contributed by atoms with van der Waals surface area (Å²) >= 11 is 0. The summed E-state index contributed by atoms with van der Waals surface area (Å²) in [6.07, 6.45) is 8.38. The predicted octanol–water partition coefficient (Wildman–Crippen LogP) is 1.60. The third kappa shape index (κ3) is 3.25. The van der Waals surface area contributed by atoms with Crippen LogP contribution in [-0.2, 0) is 10.0 Å². The van der Waals surface area contributed by atoms with E-state index in [-0.39, 0.29) is 6.04 Å². The Morgan fingerprint density at radius 2 is 1.86 bits per heavy atom. The Kier molecular flexibility index (Phi) is 4.36. The van der Waals surface area contributed by atoms with Crippen molar-refractivity contribution < 1.29 is 8.42 Å². The van der Waals surface area contributed by atoms with Gasteiger partial charge in [0.2, 0.25) is 10.0 Å². The van der Waals surface area contributed by atoms with E-state index in [1.54, 1.807) is 13.4 Å². The van der Waals surface area contributed by atoms with E-state index < -0.39 is 10.0 Å². The molecule has 2 heterocycles. The second kappa shape index (κ2) is 6.12. The first-order valence-corrected chi connectivity index (χ1v) is 9.80. The Labute approximate surface area is 132 Å². The third-order valence-electron chi connectivity index (χ3n) is 5.02. The minimum atomic E-state index is -3.11. The van der Waals surface area contributed by atoms with Crippen LogP contribution in [0.5, 0.6) is 0 Å². The van der Waals surface area contributed by atoms with E-state index in [1.807, 2.05) is 0 Å². The van der Waals surface area contributed by atoms with Crippen LogP contribution < -0.4 is 4.90 Å². The normalized spacial score (nSPS) is 21.1. The smallest absolute Gasteiger partial charge is 0.211 e. The summed E-state index contributed by atoms with van der Waals surface area (Å²) in [4.78, 5) is 11.1. The first kappa shape index (κ1) is 15.7. The quantitative estimate of drug-likeness (QED) is 0.842. The summed E-state index contributed by atoms with van der Waals surface area (Å²) in [5.74, 6) is 1.59. The Morgan fingerprint density at radius 1 is 1.18 bits per heavy atom. The number of nitrogens with zero attached hydrogens (tertiary/aromatic N) is 4. The monoisotopic (exact) mass is 324 g/mol. The van der Waals surface area contributed by atoms with Crippen LogP contribution in [0.25, 0.3) is 0 Å². The van der Waals surface area contributed by atoms with E-state index in [9.17, 15) is 8.42 Å². The molecule has 0 aromatic carbocycles. The maximum Gasteiger partial charge on any atom is 0.211 e. The Bertz CT molecular complexity index is 622. The number of anilines is 1. The van der Waals surface area contributed by atoms with Crippen molar-refractivity contribution >= 4 is 15.8 Å². The van der Waals surface area contributed by atoms with Crippen LogP contribution in [-0.4, -0.2) is 55.1 Å². The SMILES string of the molecule is CN(C1CCN(c2cc(C3CCC3)ncn2)CC1)S(C)(=O)=O. The molecule has 122 valence electrons. The molecule has 0 amide bonds. The summed E-state index contributed by atoms with van der Waals surface area (Å²) in [5, 5.41) is 0. The fourth-order valence-electron chi connectivity index (χ4n) is 3.19. The van der Waals surface area contributed by atoms with Crippen LogP contribution in [0.2, 0.25) is 0 Å². The second-order valence-electron chi connectivity index (χ2n) is 6.43. The number of hydrogen-bond donors (Lipinski definition) is 0. The molecule has 0 atom stereocenters. The van der Waals surface area contributed by atoms with Gasteiger partial charge in [-0.25, -0.2) is 22.7 Å². The first-order valence-electron chi connectivity index (χ1n) is 7.95. The van der Waals surface area contributed by atoms with Gasteiger partial charge in [0.25, 0.3) is 0 Å². The van der Waals surface area contributed by atoms with E-state index in [4.69, 9.17) is 0 Å². The van der Waals surface area contributed by atoms with Gasteiger partial charge in [-0.15, -0.1) is 0 Å². The Morgan fingerprint density at radius 3 is 2.41 bits per heavy atom. The van der Waals surface area contributed by atoms with Crippen molar-refractivity contribution in [3.05, 3.63) is 18.1 Å². The molecule has 1 aromatic rings. The molecule has 1 aromatic heterocycles. The van der Waals surface area contributed by atoms with E-state index >= 15 is 0 Å². The molecule has 6 nitrogen and oxygen atoms in total. The van der Waals surface area contributed by atoms with Gasteiger partial charge in [0.05, 0.1) is 6.26 Å². The third-order valence-corrected chi connectivity index (χ3v) is 6.37. The van der Waals surface area contributed by atoms with Crippen molar-refractivity contribution in [2.24, 2.45) is 0 Å². The van der Waals surface area contributed by atoms with Crippen LogP contribution in [0.1, 0.15) is 43.7 Å². The van der Waals surface area contributed by atoms with E-state index in [0.29, 0.717) is 5.92 Å². The fourth-order valence-corrected chi connectivity index (χ4v) is 3.94. The lowest BCUT2D eigenvalue weighted by atomic mass is 9.83. The molecule has 7 heteroatoms. The van der Waals surface area contributed by atoms with Crippen LogP contribution in [0.15, 0.2) is 12.4 Å². The number of piperidine rings is 1. The van der Waals surface area contributed by atoms with Crippen molar-refractivity contribution in [3.8, 4) is 0 Å². The van der Waals surface area contributed by atoms with Gasteiger partial charge in [-0.1, -0.05) is 6.42 Å². The number of sulfonamides is 1. The largest absolute Gasteiger partial charge is 0.356 e. The molecule has 0 N–H and O–H groups in total. The van der Waals surface area contributed by atoms with Gasteiger partial charge >= 0.3 is 0 Å². The van der Waals surface area contributed by atoms with Crippen molar-refractivity contribution in [3.63, 3.8) is 0 Å². The van der Waals surface area contributed by atoms with Crippen molar-refractivity contribution in [2.45, 2.75) is 44.1 Å². The zero-order chi connectivity index (χ0) is 15.7. The van der Waals surface area contributed by atoms with E-state index in [2.05, 4.69) is 20.9 Å². The maximum absolute atomic E-state index is 11.6. The fraction of sp³-hybridized carbons (Fsp3) is 0.733. The van der Waals surface area contributed by atoms with Crippen LogP contribution >= 0.6 is 0 Å². The van der Waals surface area contributed by atoms with Crippen LogP contribution in [0.3, 0.4) is 0 Å². The molecule has 1 aliphatic heterocycles. The van der Waals surface area contributed by atoms with E-state index in [0.717, 1.165) is 37.4 Å². The summed E-state index contributed by atoms with van der Waals surface area (Å²) in [6, 6.07) is 2.21. The van der Waals surface area contributed by atoms with Crippen LogP contribution in [0.4, 0.5) is 5.82 Å². The number of hydrogen-bond acceptors (Lipinski definition) is 5. The summed E-state index contributed by atoms with van der Waals surface area (Å²) < 4.78 is 24.8. The lowest BCUT2D eigenvalue weighted by Gasteiger charge is -2.36. The maximum atomic E-state index is 11.6. The lowest BCUT2D eigenvalue weighted by molar-refractivity contribution is 0.313. The average Bonchev–Trinajstić information content (AvgIpc) is 2.44. The molecule has 0 spiro atoms. The Balaban J connectivity index is 1.64. The molecule has 0 radical (unpaired) electrons. The minimum Gasteiger partial charge on any atom is -0.356 e. The van der Waals surface area contributed by atoms with Gasteiger partial charge < -0.3 is 4.90 Å². The standard InChI is InChI=1S/C15H24N4O2S/c1-18(22(2,20)21)13-6-8-19(9-7-13)15-10-14(16-11-17-15)12-4-3-5-12/h10-13H,3-9H2,1-2H3. The topological polar surface area (TPSA) is 66.4 Å². The molecule has 0 bridgehead atoms. The highest BCUT2D eigenvalue weighted by Crippen LogP contribution is 2.36. The highest BCUT2D eigenvalue weighted by molar-refractivity contribution is 7.88. The average molecular weight is 324 g/mol. The summed E-state index contributed by atoms with van der Waals surface area (Å²) in [5.41, 5.74) is 1.16. The molecule has 1 saturated heterocycles. The molecule has 2 aliphatic rings. The molecule has 2 fully saturated rings. The summed E-state index contributed by atoms with van der Waals surface area (Å²) in [7, 11) is -1.43. The molecule has 3 rings (SSSR count). The van der Waals surface area contributed by atoms with Gasteiger partial charge in [-0.05, 0) is 25.7 Å². The predicted molar refractivity (Wildman–Crippen MR) is 86.5 cm³/mol. The zero-order valence-corrected chi connectivity index (χ0v) is 14.1. The first-order chi connectivity index (χ1) is 10.4. The minimum absolute atomic E-state index is 0.0965. The molecular weight excluding hydrogens is 300 g/mol. The molecule has 1 aliphatic carbocycles. The van der Waals surface area contributed by atoms with E-state index in [1.165, 1.54) is 29.8 Å². The zero-order valence-electron chi connectivity index (χ0n) is 13.3. The Hall–Kier alpha value is -1.21. The summed E-state index contributed by atoms with van der Waals surface area (Å²) in [6.45, 7) is 1.68. The van der Waals surface area contributed by atoms with Crippen molar-refractivity contribution in [1.82, 2.24) is 14.3 Å². The lowest BCUT2D eigenvalue weighted by Crippen LogP contribution is -2.45. The second-order valence-corrected chi connectivity index (χ2v) is 8.47.